The van der Waals surface area contributed by atoms with E-state index in [0.717, 1.165) is 16.0 Å². The lowest BCUT2D eigenvalue weighted by Gasteiger charge is -2.22. The lowest BCUT2D eigenvalue weighted by Crippen LogP contribution is -2.38. The fourth-order valence-corrected chi connectivity index (χ4v) is 3.16. The maximum absolute atomic E-state index is 12.3. The molecule has 3 rings (SSSR count). The van der Waals surface area contributed by atoms with E-state index in [1.807, 2.05) is 35.7 Å². The van der Waals surface area contributed by atoms with Gasteiger partial charge >= 0.3 is 0 Å². The van der Waals surface area contributed by atoms with Crippen LogP contribution in [0.25, 0.3) is 10.9 Å². The zero-order chi connectivity index (χ0) is 17.2. The Morgan fingerprint density at radius 1 is 1.33 bits per heavy atom. The molecular weight excluding hydrogens is 324 g/mol. The highest BCUT2D eigenvalue weighted by atomic mass is 32.1. The van der Waals surface area contributed by atoms with Gasteiger partial charge in [-0.1, -0.05) is 12.1 Å². The van der Waals surface area contributed by atoms with Gasteiger partial charge in [0, 0.05) is 10.3 Å². The number of thiophene rings is 1. The maximum atomic E-state index is 12.3. The van der Waals surface area contributed by atoms with Crippen LogP contribution in [0.5, 0.6) is 5.75 Å². The first-order valence-electron chi connectivity index (χ1n) is 7.49. The van der Waals surface area contributed by atoms with Crippen LogP contribution in [0.3, 0.4) is 0 Å². The SMILES string of the molecule is COc1ccc2nc(C(=O)NCC(C)(O)c3cccs3)ccc2c1. The average molecular weight is 342 g/mol. The highest BCUT2D eigenvalue weighted by Gasteiger charge is 2.25. The number of hydrogen-bond donors (Lipinski definition) is 2. The minimum absolute atomic E-state index is 0.120. The summed E-state index contributed by atoms with van der Waals surface area (Å²) in [5.41, 5.74) is -0.0725. The maximum Gasteiger partial charge on any atom is 0.270 e. The molecule has 2 aromatic heterocycles. The van der Waals surface area contributed by atoms with Gasteiger partial charge < -0.3 is 15.2 Å². The fourth-order valence-electron chi connectivity index (χ4n) is 2.37. The Kier molecular flexibility index (Phi) is 4.51. The zero-order valence-corrected chi connectivity index (χ0v) is 14.3. The van der Waals surface area contributed by atoms with Crippen LogP contribution < -0.4 is 10.1 Å². The summed E-state index contributed by atoms with van der Waals surface area (Å²) in [6.45, 7) is 1.80. The van der Waals surface area contributed by atoms with Gasteiger partial charge in [-0.2, -0.15) is 0 Å². The number of aromatic nitrogens is 1. The normalized spacial score (nSPS) is 13.5. The predicted octanol–water partition coefficient (Wildman–Crippen LogP) is 2.94. The molecule has 0 aliphatic heterocycles. The molecule has 1 amide bonds. The number of pyridine rings is 1. The molecule has 24 heavy (non-hydrogen) atoms. The highest BCUT2D eigenvalue weighted by Crippen LogP contribution is 2.24. The molecule has 0 aliphatic rings. The number of rotatable bonds is 5. The van der Waals surface area contributed by atoms with Crippen molar-refractivity contribution in [1.82, 2.24) is 10.3 Å². The van der Waals surface area contributed by atoms with Gasteiger partial charge in [0.15, 0.2) is 0 Å². The topological polar surface area (TPSA) is 71.5 Å². The molecule has 124 valence electrons. The van der Waals surface area contributed by atoms with E-state index < -0.39 is 5.60 Å². The average Bonchev–Trinajstić information content (AvgIpc) is 3.14. The van der Waals surface area contributed by atoms with Gasteiger partial charge in [0.1, 0.15) is 17.0 Å². The molecule has 1 atom stereocenters. The van der Waals surface area contributed by atoms with Gasteiger partial charge in [0.25, 0.3) is 5.91 Å². The van der Waals surface area contributed by atoms with Crippen LogP contribution in [-0.4, -0.2) is 29.7 Å². The van der Waals surface area contributed by atoms with E-state index in [9.17, 15) is 9.90 Å². The van der Waals surface area contributed by atoms with E-state index in [-0.39, 0.29) is 12.5 Å². The van der Waals surface area contributed by atoms with Crippen LogP contribution in [0.1, 0.15) is 22.3 Å². The quantitative estimate of drug-likeness (QED) is 0.748. The van der Waals surface area contributed by atoms with Gasteiger partial charge in [-0.05, 0) is 42.6 Å². The summed E-state index contributed by atoms with van der Waals surface area (Å²) in [7, 11) is 1.61. The molecular formula is C18H18N2O3S. The smallest absolute Gasteiger partial charge is 0.270 e. The van der Waals surface area contributed by atoms with Crippen molar-refractivity contribution in [3.05, 3.63) is 58.4 Å². The first kappa shape index (κ1) is 16.4. The molecule has 0 aliphatic carbocycles. The number of carbonyl (C=O) groups excluding carboxylic acids is 1. The molecule has 1 aromatic carbocycles. The van der Waals surface area contributed by atoms with Crippen LogP contribution in [0.2, 0.25) is 0 Å². The van der Waals surface area contributed by atoms with E-state index >= 15 is 0 Å². The highest BCUT2D eigenvalue weighted by molar-refractivity contribution is 7.10. The Balaban J connectivity index is 1.74. The number of fused-ring (bicyclic) bond motifs is 1. The molecule has 1 unspecified atom stereocenters. The summed E-state index contributed by atoms with van der Waals surface area (Å²) in [5, 5.41) is 16.0. The summed E-state index contributed by atoms with van der Waals surface area (Å²) in [4.78, 5) is 17.5. The molecule has 0 fully saturated rings. The van der Waals surface area contributed by atoms with Crippen LogP contribution in [0.4, 0.5) is 0 Å². The minimum atomic E-state index is -1.10. The molecule has 6 heteroatoms. The lowest BCUT2D eigenvalue weighted by molar-refractivity contribution is 0.0555. The molecule has 0 spiro atoms. The number of ether oxygens (including phenoxy) is 1. The molecule has 2 N–H and O–H groups in total. The molecule has 0 bridgehead atoms. The third-order valence-electron chi connectivity index (χ3n) is 3.77. The van der Waals surface area contributed by atoms with Crippen LogP contribution in [0.15, 0.2) is 47.8 Å². The van der Waals surface area contributed by atoms with Crippen molar-refractivity contribution >= 4 is 28.1 Å². The Bertz CT molecular complexity index is 860. The minimum Gasteiger partial charge on any atom is -0.497 e. The van der Waals surface area contributed by atoms with Gasteiger partial charge in [-0.3, -0.25) is 4.79 Å². The number of nitrogens with one attached hydrogen (secondary N) is 1. The van der Waals surface area contributed by atoms with E-state index in [4.69, 9.17) is 4.74 Å². The van der Waals surface area contributed by atoms with Crippen LogP contribution >= 0.6 is 11.3 Å². The van der Waals surface area contributed by atoms with Gasteiger partial charge in [0.05, 0.1) is 19.2 Å². The van der Waals surface area contributed by atoms with Crippen molar-refractivity contribution in [3.63, 3.8) is 0 Å². The summed E-state index contributed by atoms with van der Waals surface area (Å²) < 4.78 is 5.18. The third kappa shape index (κ3) is 3.39. The number of carbonyl (C=O) groups is 1. The molecule has 2 heterocycles. The molecule has 5 nitrogen and oxygen atoms in total. The Labute approximate surface area is 143 Å². The predicted molar refractivity (Wildman–Crippen MR) is 94.5 cm³/mol. The molecule has 0 saturated heterocycles. The number of hydrogen-bond acceptors (Lipinski definition) is 5. The van der Waals surface area contributed by atoms with Crippen LogP contribution in [0, 0.1) is 0 Å². The van der Waals surface area contributed by atoms with E-state index in [0.29, 0.717) is 11.2 Å². The largest absolute Gasteiger partial charge is 0.497 e. The summed E-state index contributed by atoms with van der Waals surface area (Å²) >= 11 is 1.45. The Hall–Kier alpha value is -2.44. The standard InChI is InChI=1S/C18H18N2O3S/c1-18(22,16-4-3-9-24-16)11-19-17(21)15-7-5-12-10-13(23-2)6-8-14(12)20-15/h3-10,22H,11H2,1-2H3,(H,19,21). The van der Waals surface area contributed by atoms with Crippen molar-refractivity contribution in [2.75, 3.05) is 13.7 Å². The Morgan fingerprint density at radius 3 is 2.88 bits per heavy atom. The van der Waals surface area contributed by atoms with E-state index in [1.54, 1.807) is 26.2 Å². The Morgan fingerprint density at radius 2 is 2.17 bits per heavy atom. The van der Waals surface area contributed by atoms with Crippen molar-refractivity contribution in [2.45, 2.75) is 12.5 Å². The van der Waals surface area contributed by atoms with Crippen molar-refractivity contribution in [3.8, 4) is 5.75 Å². The summed E-state index contributed by atoms with van der Waals surface area (Å²) in [6.07, 6.45) is 0. The van der Waals surface area contributed by atoms with Gasteiger partial charge in [-0.15, -0.1) is 11.3 Å². The number of benzene rings is 1. The number of aliphatic hydroxyl groups is 1. The third-order valence-corrected chi connectivity index (χ3v) is 4.90. The van der Waals surface area contributed by atoms with Crippen LogP contribution in [-0.2, 0) is 5.60 Å². The second kappa shape index (κ2) is 6.59. The van der Waals surface area contributed by atoms with Gasteiger partial charge in [0.2, 0.25) is 0 Å². The summed E-state index contributed by atoms with van der Waals surface area (Å²) in [5.74, 6) is 0.429. The fraction of sp³-hybridized carbons (Fsp3) is 0.222. The number of amides is 1. The molecule has 0 radical (unpaired) electrons. The van der Waals surface area contributed by atoms with Crippen molar-refractivity contribution < 1.29 is 14.6 Å². The van der Waals surface area contributed by atoms with Crippen molar-refractivity contribution in [2.24, 2.45) is 0 Å². The molecule has 0 saturated carbocycles. The number of methoxy groups -OCH3 is 1. The first-order valence-corrected chi connectivity index (χ1v) is 8.37. The lowest BCUT2D eigenvalue weighted by atomic mass is 10.1. The van der Waals surface area contributed by atoms with E-state index in [1.165, 1.54) is 11.3 Å². The summed E-state index contributed by atoms with van der Waals surface area (Å²) in [6, 6.07) is 12.7. The van der Waals surface area contributed by atoms with Gasteiger partial charge in [-0.25, -0.2) is 4.98 Å². The second-order valence-electron chi connectivity index (χ2n) is 5.69. The monoisotopic (exact) mass is 342 g/mol. The molecule has 3 aromatic rings. The van der Waals surface area contributed by atoms with Crippen molar-refractivity contribution in [1.29, 1.82) is 0 Å². The van der Waals surface area contributed by atoms with E-state index in [2.05, 4.69) is 10.3 Å². The first-order chi connectivity index (χ1) is 11.5. The zero-order valence-electron chi connectivity index (χ0n) is 13.4. The second-order valence-corrected chi connectivity index (χ2v) is 6.64. The number of nitrogens with zero attached hydrogens (tertiary/aromatic N) is 1.